The second-order valence-corrected chi connectivity index (χ2v) is 8.82. The van der Waals surface area contributed by atoms with E-state index < -0.39 is 11.9 Å². The average Bonchev–Trinajstić information content (AvgIpc) is 2.75. The summed E-state index contributed by atoms with van der Waals surface area (Å²) in [6.45, 7) is 0.609. The molecule has 0 bridgehead atoms. The Morgan fingerprint density at radius 2 is 0.844 bits per heavy atom. The van der Waals surface area contributed by atoms with Gasteiger partial charge in [-0.05, 0) is 12.8 Å². The van der Waals surface area contributed by atoms with E-state index in [0.717, 1.165) is 37.8 Å². The molecule has 32 heavy (non-hydrogen) atoms. The van der Waals surface area contributed by atoms with E-state index in [1.54, 1.807) is 0 Å². The van der Waals surface area contributed by atoms with E-state index in [-0.39, 0.29) is 5.91 Å². The van der Waals surface area contributed by atoms with Gasteiger partial charge in [0.05, 0.1) is 0 Å². The van der Waals surface area contributed by atoms with Gasteiger partial charge < -0.3 is 15.5 Å². The van der Waals surface area contributed by atoms with Crippen LogP contribution in [0.2, 0.25) is 0 Å². The summed E-state index contributed by atoms with van der Waals surface area (Å²) in [7, 11) is 0. The molecule has 6 heteroatoms. The van der Waals surface area contributed by atoms with Crippen molar-refractivity contribution in [3.05, 3.63) is 12.2 Å². The molecule has 0 aliphatic carbocycles. The fourth-order valence-corrected chi connectivity index (χ4v) is 3.82. The number of hydrogen-bond donors (Lipinski definition) is 3. The van der Waals surface area contributed by atoms with E-state index in [9.17, 15) is 14.4 Å². The average molecular weight is 454 g/mol. The van der Waals surface area contributed by atoms with Crippen molar-refractivity contribution in [1.82, 2.24) is 5.32 Å². The van der Waals surface area contributed by atoms with Crippen molar-refractivity contribution in [2.75, 3.05) is 6.54 Å². The number of carbonyl (C=O) groups excluding carboxylic acids is 1. The highest BCUT2D eigenvalue weighted by Crippen LogP contribution is 2.14. The largest absolute Gasteiger partial charge is 0.481 e. The summed E-state index contributed by atoms with van der Waals surface area (Å²) in [5.74, 6) is -2.12. The lowest BCUT2D eigenvalue weighted by molar-refractivity contribution is -0.137. The summed E-state index contributed by atoms with van der Waals surface area (Å²) in [6.07, 6.45) is 25.8. The Kier molecular flexibility index (Phi) is 22.4. The molecule has 0 unspecified atom stereocenters. The highest BCUT2D eigenvalue weighted by molar-refractivity contribution is 5.93. The Hall–Kier alpha value is -1.85. The van der Waals surface area contributed by atoms with Crippen LogP contribution < -0.4 is 5.32 Å². The maximum absolute atomic E-state index is 11.3. The minimum absolute atomic E-state index is 0.320. The van der Waals surface area contributed by atoms with Crippen LogP contribution in [0.4, 0.5) is 0 Å². The van der Waals surface area contributed by atoms with E-state index in [1.807, 2.05) is 0 Å². The third kappa shape index (κ3) is 26.2. The number of carbonyl (C=O) groups is 3. The van der Waals surface area contributed by atoms with Crippen LogP contribution in [0, 0.1) is 0 Å². The Bertz CT molecular complexity index is 504. The van der Waals surface area contributed by atoms with Crippen molar-refractivity contribution in [1.29, 1.82) is 0 Å². The van der Waals surface area contributed by atoms with Gasteiger partial charge in [0.2, 0.25) is 5.91 Å². The van der Waals surface area contributed by atoms with Crippen molar-refractivity contribution >= 4 is 17.8 Å². The van der Waals surface area contributed by atoms with Crippen LogP contribution in [0.3, 0.4) is 0 Å². The van der Waals surface area contributed by atoms with E-state index >= 15 is 0 Å². The SMILES string of the molecule is O=C(O)/C=C\C(=O)NCCCCCCCCCCCCCCCCCCCCCC(=O)O. The van der Waals surface area contributed by atoms with Crippen LogP contribution in [-0.2, 0) is 14.4 Å². The summed E-state index contributed by atoms with van der Waals surface area (Å²) in [5.41, 5.74) is 0. The normalized spacial score (nSPS) is 11.1. The summed E-state index contributed by atoms with van der Waals surface area (Å²) < 4.78 is 0. The van der Waals surface area contributed by atoms with Crippen molar-refractivity contribution in [2.45, 2.75) is 128 Å². The van der Waals surface area contributed by atoms with Crippen LogP contribution >= 0.6 is 0 Å². The first kappa shape index (κ1) is 30.1. The van der Waals surface area contributed by atoms with Gasteiger partial charge in [-0.25, -0.2) is 4.79 Å². The van der Waals surface area contributed by atoms with Gasteiger partial charge in [0.15, 0.2) is 0 Å². The molecule has 0 aliphatic rings. The number of rotatable bonds is 24. The predicted octanol–water partition coefficient (Wildman–Crippen LogP) is 6.63. The van der Waals surface area contributed by atoms with Gasteiger partial charge in [-0.2, -0.15) is 0 Å². The molecule has 0 heterocycles. The maximum Gasteiger partial charge on any atom is 0.328 e. The van der Waals surface area contributed by atoms with Crippen molar-refractivity contribution < 1.29 is 24.6 Å². The lowest BCUT2D eigenvalue weighted by Crippen LogP contribution is -2.22. The van der Waals surface area contributed by atoms with Gasteiger partial charge in [0.1, 0.15) is 0 Å². The van der Waals surface area contributed by atoms with E-state index in [0.29, 0.717) is 13.0 Å². The molecule has 1 amide bonds. The smallest absolute Gasteiger partial charge is 0.328 e. The maximum atomic E-state index is 11.3. The molecule has 0 fully saturated rings. The standard InChI is InChI=1S/C26H47NO5/c28-24(21-22-26(31)32)27-23-19-17-15-13-11-9-7-5-3-1-2-4-6-8-10-12-14-16-18-20-25(29)30/h21-22H,1-20,23H2,(H,27,28)(H,29,30)(H,31,32)/b22-21-. The van der Waals surface area contributed by atoms with Crippen LogP contribution in [0.5, 0.6) is 0 Å². The molecule has 0 rings (SSSR count). The quantitative estimate of drug-likeness (QED) is 0.112. The van der Waals surface area contributed by atoms with Crippen LogP contribution in [0.25, 0.3) is 0 Å². The zero-order chi connectivity index (χ0) is 23.7. The van der Waals surface area contributed by atoms with E-state index in [4.69, 9.17) is 10.2 Å². The lowest BCUT2D eigenvalue weighted by Gasteiger charge is -2.04. The van der Waals surface area contributed by atoms with Gasteiger partial charge in [-0.3, -0.25) is 9.59 Å². The minimum Gasteiger partial charge on any atom is -0.481 e. The molecule has 186 valence electrons. The molecule has 0 saturated carbocycles. The molecule has 0 saturated heterocycles. The molecule has 0 aromatic heterocycles. The third-order valence-corrected chi connectivity index (χ3v) is 5.74. The molecule has 0 atom stereocenters. The monoisotopic (exact) mass is 453 g/mol. The second-order valence-electron chi connectivity index (χ2n) is 8.82. The van der Waals surface area contributed by atoms with Crippen LogP contribution in [0.15, 0.2) is 12.2 Å². The number of unbranched alkanes of at least 4 members (excludes halogenated alkanes) is 18. The number of hydrogen-bond acceptors (Lipinski definition) is 3. The van der Waals surface area contributed by atoms with Crippen LogP contribution in [-0.4, -0.2) is 34.6 Å². The Morgan fingerprint density at radius 1 is 0.500 bits per heavy atom. The molecular weight excluding hydrogens is 406 g/mol. The second kappa shape index (κ2) is 23.8. The summed E-state index contributed by atoms with van der Waals surface area (Å²) in [4.78, 5) is 32.0. The molecular formula is C26H47NO5. The first-order chi connectivity index (χ1) is 15.5. The van der Waals surface area contributed by atoms with Gasteiger partial charge in [0.25, 0.3) is 0 Å². The molecule has 3 N–H and O–H groups in total. The van der Waals surface area contributed by atoms with E-state index in [2.05, 4.69) is 5.32 Å². The number of carboxylic acids is 2. The highest BCUT2D eigenvalue weighted by atomic mass is 16.4. The molecule has 0 radical (unpaired) electrons. The third-order valence-electron chi connectivity index (χ3n) is 5.74. The van der Waals surface area contributed by atoms with E-state index in [1.165, 1.54) is 96.3 Å². The number of aliphatic carboxylic acids is 2. The molecule has 0 aromatic carbocycles. The Balaban J connectivity index is 3.13. The van der Waals surface area contributed by atoms with Crippen molar-refractivity contribution in [3.8, 4) is 0 Å². The number of nitrogens with one attached hydrogen (secondary N) is 1. The van der Waals surface area contributed by atoms with Gasteiger partial charge in [-0.15, -0.1) is 0 Å². The van der Waals surface area contributed by atoms with Crippen molar-refractivity contribution in [2.24, 2.45) is 0 Å². The van der Waals surface area contributed by atoms with Gasteiger partial charge in [-0.1, -0.05) is 109 Å². The predicted molar refractivity (Wildman–Crippen MR) is 130 cm³/mol. The summed E-state index contributed by atoms with van der Waals surface area (Å²) in [5, 5.41) is 19.7. The van der Waals surface area contributed by atoms with Gasteiger partial charge >= 0.3 is 11.9 Å². The molecule has 6 nitrogen and oxygen atoms in total. The lowest BCUT2D eigenvalue weighted by atomic mass is 10.0. The number of amides is 1. The zero-order valence-corrected chi connectivity index (χ0v) is 20.1. The number of carboxylic acid groups (broad SMARTS) is 2. The first-order valence-electron chi connectivity index (χ1n) is 12.9. The Labute approximate surface area is 195 Å². The molecule has 0 aliphatic heterocycles. The van der Waals surface area contributed by atoms with Gasteiger partial charge in [0, 0.05) is 25.1 Å². The molecule has 0 spiro atoms. The first-order valence-corrected chi connectivity index (χ1v) is 12.9. The highest BCUT2D eigenvalue weighted by Gasteiger charge is 1.98. The van der Waals surface area contributed by atoms with Crippen molar-refractivity contribution in [3.63, 3.8) is 0 Å². The minimum atomic E-state index is -1.11. The zero-order valence-electron chi connectivity index (χ0n) is 20.1. The Morgan fingerprint density at radius 3 is 1.19 bits per heavy atom. The topological polar surface area (TPSA) is 104 Å². The fraction of sp³-hybridized carbons (Fsp3) is 0.808. The van der Waals surface area contributed by atoms with Crippen LogP contribution in [0.1, 0.15) is 128 Å². The summed E-state index contributed by atoms with van der Waals surface area (Å²) >= 11 is 0. The fourth-order valence-electron chi connectivity index (χ4n) is 3.82. The molecule has 0 aromatic rings. The summed E-state index contributed by atoms with van der Waals surface area (Å²) in [6, 6.07) is 0.